The molecule has 7 nitrogen and oxygen atoms in total. The molecule has 2 unspecified atom stereocenters. The number of nitrogens with two attached hydrogens (primary N) is 1. The molecule has 104 valence electrons. The van der Waals surface area contributed by atoms with Gasteiger partial charge >= 0.3 is 0 Å². The fourth-order valence-electron chi connectivity index (χ4n) is 2.17. The van der Waals surface area contributed by atoms with Gasteiger partial charge in [0, 0.05) is 13.1 Å². The molecule has 4 N–H and O–H groups in total. The highest BCUT2D eigenvalue weighted by atomic mass is 16.5. The Bertz CT molecular complexity index is 298. The number of morpholine rings is 1. The summed E-state index contributed by atoms with van der Waals surface area (Å²) in [5.74, 6) is 4.80. The van der Waals surface area contributed by atoms with Crippen molar-refractivity contribution in [2.24, 2.45) is 5.84 Å². The van der Waals surface area contributed by atoms with Crippen molar-refractivity contribution in [3.05, 3.63) is 0 Å². The molecule has 1 heterocycles. The second kappa shape index (κ2) is 7.30. The Morgan fingerprint density at radius 2 is 2.22 bits per heavy atom. The fraction of sp³-hybridized carbons (Fsp3) is 0.818. The highest BCUT2D eigenvalue weighted by Gasteiger charge is 2.36. The molecule has 2 atom stereocenters. The Balaban J connectivity index is 2.79. The molecule has 0 spiro atoms. The van der Waals surface area contributed by atoms with E-state index in [1.807, 2.05) is 18.7 Å². The number of likely N-dealkylation sites (N-methyl/N-ethyl adjacent to an activating group) is 1. The predicted molar refractivity (Wildman–Crippen MR) is 66.4 cm³/mol. The smallest absolute Gasteiger partial charge is 0.251 e. The van der Waals surface area contributed by atoms with Crippen LogP contribution in [0, 0.1) is 0 Å². The van der Waals surface area contributed by atoms with Crippen LogP contribution in [0.5, 0.6) is 0 Å². The molecule has 2 amide bonds. The van der Waals surface area contributed by atoms with Gasteiger partial charge in [-0.3, -0.25) is 19.9 Å². The van der Waals surface area contributed by atoms with Gasteiger partial charge in [0.2, 0.25) is 5.91 Å². The number of hydrogen-bond acceptors (Lipinski definition) is 5. The summed E-state index contributed by atoms with van der Waals surface area (Å²) in [5, 5.41) is 2.76. The lowest BCUT2D eigenvalue weighted by molar-refractivity contribution is -0.140. The first kappa shape index (κ1) is 14.9. The SMILES string of the molecule is CCNC(=O)C1COCCN1C(CC)C(=O)NN. The number of rotatable bonds is 5. The normalized spacial score (nSPS) is 22.3. The molecule has 0 radical (unpaired) electrons. The summed E-state index contributed by atoms with van der Waals surface area (Å²) in [6.07, 6.45) is 0.596. The topological polar surface area (TPSA) is 96.7 Å². The van der Waals surface area contributed by atoms with Crippen molar-refractivity contribution in [1.29, 1.82) is 0 Å². The van der Waals surface area contributed by atoms with Gasteiger partial charge in [0.1, 0.15) is 6.04 Å². The van der Waals surface area contributed by atoms with E-state index in [0.29, 0.717) is 32.7 Å². The molecule has 1 fully saturated rings. The van der Waals surface area contributed by atoms with Crippen molar-refractivity contribution in [3.63, 3.8) is 0 Å². The zero-order chi connectivity index (χ0) is 13.5. The van der Waals surface area contributed by atoms with Crippen molar-refractivity contribution in [1.82, 2.24) is 15.6 Å². The molecule has 1 saturated heterocycles. The molecule has 0 aliphatic carbocycles. The number of hydrazine groups is 1. The quantitative estimate of drug-likeness (QED) is 0.320. The fourth-order valence-corrected chi connectivity index (χ4v) is 2.17. The van der Waals surface area contributed by atoms with E-state index < -0.39 is 12.1 Å². The van der Waals surface area contributed by atoms with Crippen LogP contribution < -0.4 is 16.6 Å². The lowest BCUT2D eigenvalue weighted by Gasteiger charge is -2.38. The van der Waals surface area contributed by atoms with Gasteiger partial charge in [-0.05, 0) is 13.3 Å². The van der Waals surface area contributed by atoms with Crippen molar-refractivity contribution >= 4 is 11.8 Å². The average molecular weight is 258 g/mol. The maximum atomic E-state index is 11.9. The first-order chi connectivity index (χ1) is 8.65. The minimum atomic E-state index is -0.430. The summed E-state index contributed by atoms with van der Waals surface area (Å²) >= 11 is 0. The summed E-state index contributed by atoms with van der Waals surface area (Å²) in [7, 11) is 0. The van der Waals surface area contributed by atoms with Crippen LogP contribution in [0.15, 0.2) is 0 Å². The number of hydrogen-bond donors (Lipinski definition) is 3. The van der Waals surface area contributed by atoms with Crippen LogP contribution in [-0.4, -0.2) is 55.1 Å². The largest absolute Gasteiger partial charge is 0.378 e. The van der Waals surface area contributed by atoms with Crippen molar-refractivity contribution in [2.45, 2.75) is 32.4 Å². The molecule has 0 aromatic heterocycles. The van der Waals surface area contributed by atoms with Gasteiger partial charge in [-0.1, -0.05) is 6.92 Å². The molecule has 7 heteroatoms. The third-order valence-electron chi connectivity index (χ3n) is 3.06. The Hall–Kier alpha value is -1.18. The Labute approximate surface area is 107 Å². The average Bonchev–Trinajstić information content (AvgIpc) is 2.40. The number of carbonyl (C=O) groups excluding carboxylic acids is 2. The van der Waals surface area contributed by atoms with Crippen LogP contribution in [0.1, 0.15) is 20.3 Å². The van der Waals surface area contributed by atoms with E-state index in [2.05, 4.69) is 10.7 Å². The second-order valence-electron chi connectivity index (χ2n) is 4.16. The highest BCUT2D eigenvalue weighted by molar-refractivity contribution is 5.85. The maximum absolute atomic E-state index is 11.9. The molecule has 0 aromatic rings. The monoisotopic (exact) mass is 258 g/mol. The number of nitrogens with zero attached hydrogens (tertiary/aromatic N) is 1. The van der Waals surface area contributed by atoms with E-state index in [4.69, 9.17) is 10.6 Å². The predicted octanol–water partition coefficient (Wildman–Crippen LogP) is -1.41. The first-order valence-electron chi connectivity index (χ1n) is 6.27. The molecule has 1 rings (SSSR count). The van der Waals surface area contributed by atoms with E-state index in [1.54, 1.807) is 0 Å². The van der Waals surface area contributed by atoms with Crippen LogP contribution in [0.25, 0.3) is 0 Å². The molecule has 18 heavy (non-hydrogen) atoms. The van der Waals surface area contributed by atoms with Crippen molar-refractivity contribution in [2.75, 3.05) is 26.3 Å². The Kier molecular flexibility index (Phi) is 6.03. The number of carbonyl (C=O) groups is 2. The van der Waals surface area contributed by atoms with Crippen LogP contribution in [-0.2, 0) is 14.3 Å². The molecule has 0 bridgehead atoms. The van der Waals surface area contributed by atoms with Gasteiger partial charge < -0.3 is 10.1 Å². The van der Waals surface area contributed by atoms with Crippen LogP contribution >= 0.6 is 0 Å². The van der Waals surface area contributed by atoms with Crippen molar-refractivity contribution in [3.8, 4) is 0 Å². The van der Waals surface area contributed by atoms with Gasteiger partial charge in [-0.25, -0.2) is 5.84 Å². The van der Waals surface area contributed by atoms with Crippen LogP contribution in [0.3, 0.4) is 0 Å². The lowest BCUT2D eigenvalue weighted by Crippen LogP contribution is -2.61. The van der Waals surface area contributed by atoms with E-state index in [-0.39, 0.29) is 11.8 Å². The molecule has 1 aliphatic heterocycles. The molecule has 1 aliphatic rings. The minimum Gasteiger partial charge on any atom is -0.378 e. The minimum absolute atomic E-state index is 0.111. The molecule has 0 saturated carbocycles. The third-order valence-corrected chi connectivity index (χ3v) is 3.06. The number of amides is 2. The third kappa shape index (κ3) is 3.41. The Morgan fingerprint density at radius 1 is 1.50 bits per heavy atom. The Morgan fingerprint density at radius 3 is 2.78 bits per heavy atom. The standard InChI is InChI=1S/C11H22N4O3/c1-3-8(11(17)14-12)15-5-6-18-7-9(15)10(16)13-4-2/h8-9H,3-7,12H2,1-2H3,(H,13,16)(H,14,17). The molecule has 0 aromatic carbocycles. The summed E-state index contributed by atoms with van der Waals surface area (Å²) in [6, 6.07) is -0.826. The van der Waals surface area contributed by atoms with Gasteiger partial charge in [-0.15, -0.1) is 0 Å². The van der Waals surface area contributed by atoms with E-state index in [9.17, 15) is 9.59 Å². The molecular formula is C11H22N4O3. The summed E-state index contributed by atoms with van der Waals surface area (Å²) in [5.41, 5.74) is 2.15. The highest BCUT2D eigenvalue weighted by Crippen LogP contribution is 2.14. The van der Waals surface area contributed by atoms with Crippen LogP contribution in [0.4, 0.5) is 0 Å². The lowest BCUT2D eigenvalue weighted by atomic mass is 10.1. The second-order valence-corrected chi connectivity index (χ2v) is 4.16. The van der Waals surface area contributed by atoms with Gasteiger partial charge in [0.05, 0.1) is 19.3 Å². The van der Waals surface area contributed by atoms with Gasteiger partial charge in [0.15, 0.2) is 0 Å². The van der Waals surface area contributed by atoms with Crippen molar-refractivity contribution < 1.29 is 14.3 Å². The van der Waals surface area contributed by atoms with E-state index >= 15 is 0 Å². The summed E-state index contributed by atoms with van der Waals surface area (Å²) in [6.45, 7) is 5.68. The summed E-state index contributed by atoms with van der Waals surface area (Å²) < 4.78 is 5.32. The number of nitrogens with one attached hydrogen (secondary N) is 2. The van der Waals surface area contributed by atoms with Gasteiger partial charge in [-0.2, -0.15) is 0 Å². The molecular weight excluding hydrogens is 236 g/mol. The van der Waals surface area contributed by atoms with E-state index in [1.165, 1.54) is 0 Å². The van der Waals surface area contributed by atoms with E-state index in [0.717, 1.165) is 0 Å². The zero-order valence-electron chi connectivity index (χ0n) is 10.9. The maximum Gasteiger partial charge on any atom is 0.251 e. The van der Waals surface area contributed by atoms with Crippen LogP contribution in [0.2, 0.25) is 0 Å². The zero-order valence-corrected chi connectivity index (χ0v) is 10.9. The first-order valence-corrected chi connectivity index (χ1v) is 6.27. The summed E-state index contributed by atoms with van der Waals surface area (Å²) in [4.78, 5) is 25.5. The van der Waals surface area contributed by atoms with Gasteiger partial charge in [0.25, 0.3) is 5.91 Å². The number of ether oxygens (including phenoxy) is 1.